The number of nitrogens with zero attached hydrogens (tertiary/aromatic N) is 2. The molecule has 0 aliphatic rings. The standard InChI is InChI=1S/C20H20N2O4/c1-15-9-10-18(25-15)11-12-19(23)26-16(2)20(24)22(14-6-13-21)17-7-4-3-5-8-17/h3-5,7-12,16H,6,14H2,1-2H3/b12-11+. The van der Waals surface area contributed by atoms with Crippen molar-refractivity contribution < 1.29 is 18.7 Å². The van der Waals surface area contributed by atoms with Gasteiger partial charge >= 0.3 is 5.97 Å². The van der Waals surface area contributed by atoms with Gasteiger partial charge in [-0.25, -0.2) is 4.79 Å². The molecule has 134 valence electrons. The molecule has 1 unspecified atom stereocenters. The highest BCUT2D eigenvalue weighted by Gasteiger charge is 2.24. The third kappa shape index (κ3) is 5.35. The monoisotopic (exact) mass is 352 g/mol. The van der Waals surface area contributed by atoms with Gasteiger partial charge in [0.05, 0.1) is 12.5 Å². The Morgan fingerprint density at radius 3 is 2.62 bits per heavy atom. The summed E-state index contributed by atoms with van der Waals surface area (Å²) in [5.41, 5.74) is 0.650. The number of rotatable bonds is 7. The van der Waals surface area contributed by atoms with Crippen molar-refractivity contribution in [3.8, 4) is 6.07 Å². The van der Waals surface area contributed by atoms with Crippen molar-refractivity contribution in [1.82, 2.24) is 0 Å². The molecular formula is C20H20N2O4. The summed E-state index contributed by atoms with van der Waals surface area (Å²) in [4.78, 5) is 26.0. The maximum atomic E-state index is 12.7. The van der Waals surface area contributed by atoms with Crippen molar-refractivity contribution in [3.05, 3.63) is 60.1 Å². The van der Waals surface area contributed by atoms with Crippen molar-refractivity contribution in [2.24, 2.45) is 0 Å². The molecule has 0 saturated carbocycles. The predicted molar refractivity (Wildman–Crippen MR) is 97.1 cm³/mol. The lowest BCUT2D eigenvalue weighted by molar-refractivity contribution is -0.149. The molecule has 0 bridgehead atoms. The molecule has 0 N–H and O–H groups in total. The summed E-state index contributed by atoms with van der Waals surface area (Å²) in [5, 5.41) is 8.82. The molecule has 2 rings (SSSR count). The molecule has 1 amide bonds. The Kier molecular flexibility index (Phi) is 6.75. The van der Waals surface area contributed by atoms with Crippen molar-refractivity contribution in [1.29, 1.82) is 5.26 Å². The van der Waals surface area contributed by atoms with Crippen LogP contribution in [-0.4, -0.2) is 24.5 Å². The van der Waals surface area contributed by atoms with Crippen LogP contribution in [0.4, 0.5) is 5.69 Å². The molecule has 2 aromatic rings. The van der Waals surface area contributed by atoms with Gasteiger partial charge in [0, 0.05) is 18.3 Å². The Balaban J connectivity index is 2.02. The second-order valence-electron chi connectivity index (χ2n) is 5.59. The van der Waals surface area contributed by atoms with Crippen LogP contribution in [0.15, 0.2) is 53.0 Å². The zero-order valence-corrected chi connectivity index (χ0v) is 14.7. The van der Waals surface area contributed by atoms with E-state index in [2.05, 4.69) is 0 Å². The predicted octanol–water partition coefficient (Wildman–Crippen LogP) is 3.48. The number of anilines is 1. The fourth-order valence-corrected chi connectivity index (χ4v) is 2.31. The van der Waals surface area contributed by atoms with E-state index in [1.54, 1.807) is 43.3 Å². The van der Waals surface area contributed by atoms with Gasteiger partial charge in [0.25, 0.3) is 5.91 Å². The Bertz CT molecular complexity index is 818. The van der Waals surface area contributed by atoms with E-state index < -0.39 is 12.1 Å². The summed E-state index contributed by atoms with van der Waals surface area (Å²) < 4.78 is 10.5. The summed E-state index contributed by atoms with van der Waals surface area (Å²) >= 11 is 0. The first-order valence-electron chi connectivity index (χ1n) is 8.20. The van der Waals surface area contributed by atoms with Crippen LogP contribution in [0.2, 0.25) is 0 Å². The quantitative estimate of drug-likeness (QED) is 0.563. The molecule has 0 aliphatic heterocycles. The Morgan fingerprint density at radius 2 is 2.00 bits per heavy atom. The number of esters is 1. The Labute approximate surface area is 152 Å². The van der Waals surface area contributed by atoms with E-state index in [9.17, 15) is 9.59 Å². The zero-order valence-electron chi connectivity index (χ0n) is 14.7. The SMILES string of the molecule is Cc1ccc(/C=C/C(=O)OC(C)C(=O)N(CCC#N)c2ccccc2)o1. The highest BCUT2D eigenvalue weighted by atomic mass is 16.5. The Morgan fingerprint density at radius 1 is 1.27 bits per heavy atom. The topological polar surface area (TPSA) is 83.5 Å². The lowest BCUT2D eigenvalue weighted by Gasteiger charge is -2.24. The van der Waals surface area contributed by atoms with Gasteiger partial charge in [-0.3, -0.25) is 4.79 Å². The molecule has 1 heterocycles. The minimum atomic E-state index is -0.982. The van der Waals surface area contributed by atoms with Crippen molar-refractivity contribution in [2.45, 2.75) is 26.4 Å². The van der Waals surface area contributed by atoms with Crippen LogP contribution in [0, 0.1) is 18.3 Å². The van der Waals surface area contributed by atoms with E-state index in [0.717, 1.165) is 5.76 Å². The first kappa shape index (κ1) is 19.0. The molecule has 6 heteroatoms. The summed E-state index contributed by atoms with van der Waals surface area (Å²) in [6.45, 7) is 3.53. The van der Waals surface area contributed by atoms with Crippen LogP contribution in [0.25, 0.3) is 6.08 Å². The lowest BCUT2D eigenvalue weighted by atomic mass is 10.2. The van der Waals surface area contributed by atoms with E-state index >= 15 is 0 Å². The van der Waals surface area contributed by atoms with Crippen molar-refractivity contribution in [3.63, 3.8) is 0 Å². The highest BCUT2D eigenvalue weighted by molar-refractivity contribution is 5.98. The normalized spacial score (nSPS) is 11.7. The molecule has 26 heavy (non-hydrogen) atoms. The molecule has 0 spiro atoms. The van der Waals surface area contributed by atoms with E-state index in [0.29, 0.717) is 11.4 Å². The number of hydrogen-bond donors (Lipinski definition) is 0. The van der Waals surface area contributed by atoms with Gasteiger partial charge in [0.15, 0.2) is 6.10 Å². The molecule has 6 nitrogen and oxygen atoms in total. The summed E-state index contributed by atoms with van der Waals surface area (Å²) in [6, 6.07) is 14.5. The van der Waals surface area contributed by atoms with Gasteiger partial charge in [0.1, 0.15) is 11.5 Å². The second-order valence-corrected chi connectivity index (χ2v) is 5.59. The number of benzene rings is 1. The average Bonchev–Trinajstić information content (AvgIpc) is 3.06. The maximum absolute atomic E-state index is 12.7. The molecule has 0 saturated heterocycles. The molecule has 0 aliphatic carbocycles. The van der Waals surface area contributed by atoms with Gasteiger partial charge in [-0.05, 0) is 44.2 Å². The third-order valence-electron chi connectivity index (χ3n) is 3.57. The van der Waals surface area contributed by atoms with Crippen LogP contribution in [0.5, 0.6) is 0 Å². The Hall–Kier alpha value is -3.33. The number of amides is 1. The number of para-hydroxylation sites is 1. The highest BCUT2D eigenvalue weighted by Crippen LogP contribution is 2.16. The number of furan rings is 1. The number of carbonyl (C=O) groups excluding carboxylic acids is 2. The van der Waals surface area contributed by atoms with Gasteiger partial charge in [-0.15, -0.1) is 0 Å². The lowest BCUT2D eigenvalue weighted by Crippen LogP contribution is -2.40. The third-order valence-corrected chi connectivity index (χ3v) is 3.57. The molecular weight excluding hydrogens is 332 g/mol. The van der Waals surface area contributed by atoms with Crippen LogP contribution in [-0.2, 0) is 14.3 Å². The van der Waals surface area contributed by atoms with E-state index in [1.165, 1.54) is 24.0 Å². The zero-order chi connectivity index (χ0) is 18.9. The number of nitriles is 1. The van der Waals surface area contributed by atoms with E-state index in [4.69, 9.17) is 14.4 Å². The van der Waals surface area contributed by atoms with Gasteiger partial charge < -0.3 is 14.1 Å². The number of carbonyl (C=O) groups is 2. The van der Waals surface area contributed by atoms with Crippen molar-refractivity contribution in [2.75, 3.05) is 11.4 Å². The van der Waals surface area contributed by atoms with Crippen molar-refractivity contribution >= 4 is 23.6 Å². The maximum Gasteiger partial charge on any atom is 0.331 e. The van der Waals surface area contributed by atoms with Crippen LogP contribution >= 0.6 is 0 Å². The molecule has 0 radical (unpaired) electrons. The van der Waals surface area contributed by atoms with Gasteiger partial charge in [0.2, 0.25) is 0 Å². The van der Waals surface area contributed by atoms with E-state index in [1.807, 2.05) is 12.1 Å². The first-order chi connectivity index (χ1) is 12.5. The summed E-state index contributed by atoms with van der Waals surface area (Å²) in [5.74, 6) is 0.228. The number of hydrogen-bond acceptors (Lipinski definition) is 5. The van der Waals surface area contributed by atoms with Gasteiger partial charge in [-0.2, -0.15) is 5.26 Å². The molecule has 0 fully saturated rings. The van der Waals surface area contributed by atoms with Gasteiger partial charge in [-0.1, -0.05) is 18.2 Å². The summed E-state index contributed by atoms with van der Waals surface area (Å²) in [7, 11) is 0. The van der Waals surface area contributed by atoms with Crippen LogP contribution in [0.3, 0.4) is 0 Å². The average molecular weight is 352 g/mol. The first-order valence-corrected chi connectivity index (χ1v) is 8.20. The molecule has 1 aromatic carbocycles. The number of aryl methyl sites for hydroxylation is 1. The summed E-state index contributed by atoms with van der Waals surface area (Å²) in [6.07, 6.45) is 1.89. The second kappa shape index (κ2) is 9.23. The minimum absolute atomic E-state index is 0.180. The van der Waals surface area contributed by atoms with Crippen LogP contribution in [0.1, 0.15) is 24.9 Å². The fraction of sp³-hybridized carbons (Fsp3) is 0.250. The minimum Gasteiger partial charge on any atom is -0.462 e. The largest absolute Gasteiger partial charge is 0.462 e. The number of ether oxygens (including phenoxy) is 1. The molecule has 1 aromatic heterocycles. The fourth-order valence-electron chi connectivity index (χ4n) is 2.31. The van der Waals surface area contributed by atoms with E-state index in [-0.39, 0.29) is 18.9 Å². The smallest absolute Gasteiger partial charge is 0.331 e. The molecule has 1 atom stereocenters. The van der Waals surface area contributed by atoms with Crippen LogP contribution < -0.4 is 4.90 Å².